The fourth-order valence-corrected chi connectivity index (χ4v) is 4.51. The highest BCUT2D eigenvalue weighted by atomic mass is 16.5. The fraction of sp³-hybridized carbons (Fsp3) is 0.458. The van der Waals surface area contributed by atoms with Crippen LogP contribution in [-0.2, 0) is 24.4 Å². The van der Waals surface area contributed by atoms with Crippen molar-refractivity contribution in [2.45, 2.75) is 39.5 Å². The number of piperazine rings is 1. The second-order valence-corrected chi connectivity index (χ2v) is 8.43. The molecule has 1 aromatic carbocycles. The molecular weight excluding hydrogens is 406 g/mol. The SMILES string of the molecule is C=CC(=O)N1CCN(c2nc(OC)nc3c2CN(Cc2cc(OC)ccc2C)C3)[C@@H](C)C1. The number of carbonyl (C=O) groups excluding carboxylic acids is 1. The van der Waals surface area contributed by atoms with Crippen LogP contribution in [0.4, 0.5) is 5.82 Å². The van der Waals surface area contributed by atoms with Crippen molar-refractivity contribution in [2.75, 3.05) is 38.8 Å². The Labute approximate surface area is 189 Å². The lowest BCUT2D eigenvalue weighted by atomic mass is 10.1. The molecule has 8 heteroatoms. The number of ether oxygens (including phenoxy) is 2. The third-order valence-corrected chi connectivity index (χ3v) is 6.32. The predicted octanol–water partition coefficient (Wildman–Crippen LogP) is 2.54. The number of aryl methyl sites for hydroxylation is 1. The Morgan fingerprint density at radius 1 is 1.22 bits per heavy atom. The summed E-state index contributed by atoms with van der Waals surface area (Å²) in [6.45, 7) is 12.2. The standard InChI is InChI=1S/C24H31N5O3/c1-6-22(30)28-9-10-29(17(3)12-28)23-20-14-27(15-21(20)25-24(26-23)32-5)13-18-11-19(31-4)8-7-16(18)2/h6-8,11,17H,1,9-10,12-15H2,2-5H3/t17-/m0/s1. The van der Waals surface area contributed by atoms with Gasteiger partial charge in [0.15, 0.2) is 0 Å². The molecule has 8 nitrogen and oxygen atoms in total. The van der Waals surface area contributed by atoms with E-state index in [1.54, 1.807) is 14.2 Å². The smallest absolute Gasteiger partial charge is 0.318 e. The van der Waals surface area contributed by atoms with E-state index in [0.717, 1.165) is 42.5 Å². The number of fused-ring (bicyclic) bond motifs is 1. The first-order chi connectivity index (χ1) is 15.4. The summed E-state index contributed by atoms with van der Waals surface area (Å²) in [6, 6.07) is 6.70. The quantitative estimate of drug-likeness (QED) is 0.643. The van der Waals surface area contributed by atoms with E-state index in [1.807, 2.05) is 11.0 Å². The van der Waals surface area contributed by atoms with E-state index in [-0.39, 0.29) is 11.9 Å². The van der Waals surface area contributed by atoms with Gasteiger partial charge >= 0.3 is 6.01 Å². The van der Waals surface area contributed by atoms with E-state index >= 15 is 0 Å². The lowest BCUT2D eigenvalue weighted by molar-refractivity contribution is -0.126. The van der Waals surface area contributed by atoms with Gasteiger partial charge in [0, 0.05) is 50.9 Å². The highest BCUT2D eigenvalue weighted by molar-refractivity contribution is 5.87. The van der Waals surface area contributed by atoms with Gasteiger partial charge in [0.2, 0.25) is 5.91 Å². The number of methoxy groups -OCH3 is 2. The summed E-state index contributed by atoms with van der Waals surface area (Å²) in [7, 11) is 3.29. The molecule has 1 atom stereocenters. The highest BCUT2D eigenvalue weighted by Gasteiger charge is 2.33. The molecule has 0 N–H and O–H groups in total. The minimum atomic E-state index is -0.0261. The van der Waals surface area contributed by atoms with Crippen molar-refractivity contribution in [1.29, 1.82) is 0 Å². The zero-order valence-electron chi connectivity index (χ0n) is 19.3. The molecule has 0 aliphatic carbocycles. The van der Waals surface area contributed by atoms with E-state index in [2.05, 4.69) is 47.3 Å². The summed E-state index contributed by atoms with van der Waals surface area (Å²) in [5, 5.41) is 0. The average Bonchev–Trinajstić information content (AvgIpc) is 3.21. The Morgan fingerprint density at radius 2 is 2.03 bits per heavy atom. The number of anilines is 1. The van der Waals surface area contributed by atoms with Gasteiger partial charge in [0.25, 0.3) is 0 Å². The van der Waals surface area contributed by atoms with Crippen LogP contribution in [0.2, 0.25) is 0 Å². The van der Waals surface area contributed by atoms with Crippen LogP contribution in [0.1, 0.15) is 29.3 Å². The molecule has 4 rings (SSSR count). The number of hydrogen-bond acceptors (Lipinski definition) is 7. The molecule has 0 spiro atoms. The van der Waals surface area contributed by atoms with Crippen molar-refractivity contribution in [1.82, 2.24) is 19.8 Å². The first kappa shape index (κ1) is 22.1. The summed E-state index contributed by atoms with van der Waals surface area (Å²) in [5.74, 6) is 1.75. The van der Waals surface area contributed by atoms with Crippen LogP contribution in [-0.4, -0.2) is 65.6 Å². The van der Waals surface area contributed by atoms with Gasteiger partial charge in [0.1, 0.15) is 11.6 Å². The summed E-state index contributed by atoms with van der Waals surface area (Å²) < 4.78 is 10.8. The van der Waals surface area contributed by atoms with Gasteiger partial charge in [0.05, 0.1) is 19.9 Å². The van der Waals surface area contributed by atoms with Gasteiger partial charge in [-0.2, -0.15) is 9.97 Å². The summed E-state index contributed by atoms with van der Waals surface area (Å²) in [5.41, 5.74) is 4.62. The molecule has 3 heterocycles. The number of nitrogens with zero attached hydrogens (tertiary/aromatic N) is 5. The number of amides is 1. The van der Waals surface area contributed by atoms with Gasteiger partial charge in [-0.05, 0) is 43.2 Å². The maximum Gasteiger partial charge on any atom is 0.318 e. The molecule has 0 radical (unpaired) electrons. The molecule has 0 saturated carbocycles. The highest BCUT2D eigenvalue weighted by Crippen LogP contribution is 2.34. The molecule has 2 aliphatic heterocycles. The van der Waals surface area contributed by atoms with Crippen molar-refractivity contribution in [3.8, 4) is 11.8 Å². The third-order valence-electron chi connectivity index (χ3n) is 6.32. The topological polar surface area (TPSA) is 71.0 Å². The van der Waals surface area contributed by atoms with Gasteiger partial charge in [-0.3, -0.25) is 9.69 Å². The van der Waals surface area contributed by atoms with Gasteiger partial charge in [-0.25, -0.2) is 0 Å². The van der Waals surface area contributed by atoms with Crippen LogP contribution in [0.25, 0.3) is 0 Å². The number of aromatic nitrogens is 2. The molecule has 0 unspecified atom stereocenters. The maximum absolute atomic E-state index is 12.1. The van der Waals surface area contributed by atoms with E-state index in [9.17, 15) is 4.79 Å². The van der Waals surface area contributed by atoms with E-state index in [1.165, 1.54) is 17.2 Å². The zero-order valence-corrected chi connectivity index (χ0v) is 19.3. The molecule has 170 valence electrons. The molecular formula is C24H31N5O3. The van der Waals surface area contributed by atoms with Crippen molar-refractivity contribution < 1.29 is 14.3 Å². The lowest BCUT2D eigenvalue weighted by Crippen LogP contribution is -2.54. The van der Waals surface area contributed by atoms with E-state index < -0.39 is 0 Å². The van der Waals surface area contributed by atoms with E-state index in [4.69, 9.17) is 14.5 Å². The van der Waals surface area contributed by atoms with Gasteiger partial charge in [-0.15, -0.1) is 0 Å². The Balaban J connectivity index is 1.58. The van der Waals surface area contributed by atoms with Crippen LogP contribution in [0.15, 0.2) is 30.9 Å². The first-order valence-corrected chi connectivity index (χ1v) is 10.9. The van der Waals surface area contributed by atoms with Crippen LogP contribution in [0.3, 0.4) is 0 Å². The van der Waals surface area contributed by atoms with E-state index in [0.29, 0.717) is 25.6 Å². The Kier molecular flexibility index (Phi) is 6.32. The van der Waals surface area contributed by atoms with Crippen LogP contribution < -0.4 is 14.4 Å². The second kappa shape index (κ2) is 9.16. The normalized spacial score (nSPS) is 18.4. The van der Waals surface area contributed by atoms with Crippen LogP contribution in [0.5, 0.6) is 11.8 Å². The Hall–Kier alpha value is -3.13. The largest absolute Gasteiger partial charge is 0.497 e. The maximum atomic E-state index is 12.1. The van der Waals surface area contributed by atoms with Crippen molar-refractivity contribution in [3.05, 3.63) is 53.2 Å². The number of carbonyl (C=O) groups is 1. The van der Waals surface area contributed by atoms with Gasteiger partial charge in [-0.1, -0.05) is 12.6 Å². The Bertz CT molecular complexity index is 1020. The van der Waals surface area contributed by atoms with Crippen molar-refractivity contribution in [3.63, 3.8) is 0 Å². The molecule has 1 aromatic heterocycles. The summed E-state index contributed by atoms with van der Waals surface area (Å²) >= 11 is 0. The van der Waals surface area contributed by atoms with Gasteiger partial charge < -0.3 is 19.3 Å². The Morgan fingerprint density at radius 3 is 2.72 bits per heavy atom. The monoisotopic (exact) mass is 437 g/mol. The molecule has 1 fully saturated rings. The average molecular weight is 438 g/mol. The zero-order chi connectivity index (χ0) is 22.8. The summed E-state index contributed by atoms with van der Waals surface area (Å²) in [6.07, 6.45) is 1.38. The van der Waals surface area contributed by atoms with Crippen molar-refractivity contribution >= 4 is 11.7 Å². The van der Waals surface area contributed by atoms with Crippen LogP contribution >= 0.6 is 0 Å². The minimum Gasteiger partial charge on any atom is -0.497 e. The molecule has 1 saturated heterocycles. The molecule has 2 aliphatic rings. The first-order valence-electron chi connectivity index (χ1n) is 10.9. The third kappa shape index (κ3) is 4.27. The molecule has 1 amide bonds. The minimum absolute atomic E-state index is 0.0261. The second-order valence-electron chi connectivity index (χ2n) is 8.43. The summed E-state index contributed by atoms with van der Waals surface area (Å²) in [4.78, 5) is 27.9. The fourth-order valence-electron chi connectivity index (χ4n) is 4.51. The van der Waals surface area contributed by atoms with Crippen molar-refractivity contribution in [2.24, 2.45) is 0 Å². The lowest BCUT2D eigenvalue weighted by Gasteiger charge is -2.40. The molecule has 32 heavy (non-hydrogen) atoms. The molecule has 2 aromatic rings. The number of hydrogen-bond donors (Lipinski definition) is 0. The number of benzene rings is 1. The predicted molar refractivity (Wildman–Crippen MR) is 123 cm³/mol. The molecule has 0 bridgehead atoms. The van der Waals surface area contributed by atoms with Crippen LogP contribution in [0, 0.1) is 6.92 Å². The number of rotatable bonds is 6.